The predicted octanol–water partition coefficient (Wildman–Crippen LogP) is 2.24. The van der Waals surface area contributed by atoms with Gasteiger partial charge in [-0.2, -0.15) is 0 Å². The van der Waals surface area contributed by atoms with Gasteiger partial charge in [-0.3, -0.25) is 4.79 Å². The van der Waals surface area contributed by atoms with E-state index in [1.807, 2.05) is 11.0 Å². The largest absolute Gasteiger partial charge is 0.491 e. The van der Waals surface area contributed by atoms with Crippen LogP contribution >= 0.6 is 0 Å². The number of rotatable bonds is 2. The standard InChI is InChI=1S/C16H21NO4/c1-10(2)14-9-21-15-7-12(16(19)20-4)5-6-13(15)8-17(14)11(3)18/h5-7,10,14H,8-9H2,1-4H3. The fourth-order valence-electron chi connectivity index (χ4n) is 2.53. The molecule has 2 rings (SSSR count). The number of benzene rings is 1. The minimum atomic E-state index is -0.394. The van der Waals surface area contributed by atoms with Gasteiger partial charge in [0.25, 0.3) is 0 Å². The van der Waals surface area contributed by atoms with E-state index in [0.29, 0.717) is 30.4 Å². The van der Waals surface area contributed by atoms with Crippen molar-refractivity contribution in [1.82, 2.24) is 4.90 Å². The number of hydrogen-bond donors (Lipinski definition) is 0. The van der Waals surface area contributed by atoms with Crippen molar-refractivity contribution in [2.75, 3.05) is 13.7 Å². The molecule has 0 saturated carbocycles. The fourth-order valence-corrected chi connectivity index (χ4v) is 2.53. The zero-order valence-electron chi connectivity index (χ0n) is 12.9. The second-order valence-corrected chi connectivity index (χ2v) is 5.58. The summed E-state index contributed by atoms with van der Waals surface area (Å²) in [6.07, 6.45) is 0. The lowest BCUT2D eigenvalue weighted by Crippen LogP contribution is -2.43. The molecule has 0 bridgehead atoms. The van der Waals surface area contributed by atoms with Gasteiger partial charge in [-0.1, -0.05) is 19.9 Å². The van der Waals surface area contributed by atoms with Crippen LogP contribution in [0.2, 0.25) is 0 Å². The maximum Gasteiger partial charge on any atom is 0.337 e. The van der Waals surface area contributed by atoms with E-state index in [1.165, 1.54) is 7.11 Å². The Morgan fingerprint density at radius 2 is 2.10 bits per heavy atom. The molecule has 0 aliphatic carbocycles. The van der Waals surface area contributed by atoms with Crippen LogP contribution in [0.1, 0.15) is 36.7 Å². The van der Waals surface area contributed by atoms with Gasteiger partial charge in [0.15, 0.2) is 0 Å². The molecule has 114 valence electrons. The van der Waals surface area contributed by atoms with E-state index in [2.05, 4.69) is 13.8 Å². The highest BCUT2D eigenvalue weighted by atomic mass is 16.5. The van der Waals surface area contributed by atoms with Gasteiger partial charge in [-0.15, -0.1) is 0 Å². The van der Waals surface area contributed by atoms with Crippen LogP contribution in [0.25, 0.3) is 0 Å². The molecule has 1 unspecified atom stereocenters. The van der Waals surface area contributed by atoms with Crippen molar-refractivity contribution in [2.24, 2.45) is 5.92 Å². The van der Waals surface area contributed by atoms with Gasteiger partial charge in [-0.05, 0) is 18.1 Å². The topological polar surface area (TPSA) is 55.8 Å². The number of methoxy groups -OCH3 is 1. The molecule has 0 spiro atoms. The van der Waals surface area contributed by atoms with Gasteiger partial charge in [-0.25, -0.2) is 4.79 Å². The summed E-state index contributed by atoms with van der Waals surface area (Å²) in [5.41, 5.74) is 1.36. The number of amides is 1. The van der Waals surface area contributed by atoms with Crippen LogP contribution in [-0.4, -0.2) is 36.5 Å². The maximum absolute atomic E-state index is 11.9. The van der Waals surface area contributed by atoms with Gasteiger partial charge >= 0.3 is 5.97 Å². The Morgan fingerprint density at radius 3 is 2.67 bits per heavy atom. The van der Waals surface area contributed by atoms with Crippen molar-refractivity contribution in [2.45, 2.75) is 33.4 Å². The molecule has 0 aromatic heterocycles. The number of carbonyl (C=O) groups excluding carboxylic acids is 2. The van der Waals surface area contributed by atoms with Crippen LogP contribution < -0.4 is 4.74 Å². The van der Waals surface area contributed by atoms with Crippen LogP contribution in [0.15, 0.2) is 18.2 Å². The molecular weight excluding hydrogens is 270 g/mol. The SMILES string of the molecule is COC(=O)c1ccc2c(c1)OCC(C(C)C)N(C(C)=O)C2. The van der Waals surface area contributed by atoms with Crippen molar-refractivity contribution in [3.05, 3.63) is 29.3 Å². The van der Waals surface area contributed by atoms with Crippen LogP contribution in [0, 0.1) is 5.92 Å². The molecule has 5 nitrogen and oxygen atoms in total. The maximum atomic E-state index is 11.9. The highest BCUT2D eigenvalue weighted by molar-refractivity contribution is 5.90. The van der Waals surface area contributed by atoms with Crippen molar-refractivity contribution in [3.63, 3.8) is 0 Å². The minimum absolute atomic E-state index is 0.0245. The first kappa shape index (κ1) is 15.4. The normalized spacial score (nSPS) is 17.8. The Hall–Kier alpha value is -2.04. The third kappa shape index (κ3) is 3.17. The molecule has 1 atom stereocenters. The minimum Gasteiger partial charge on any atom is -0.491 e. The Labute approximate surface area is 124 Å². The van der Waals surface area contributed by atoms with E-state index >= 15 is 0 Å². The molecule has 1 aromatic rings. The van der Waals surface area contributed by atoms with E-state index in [9.17, 15) is 9.59 Å². The highest BCUT2D eigenvalue weighted by Crippen LogP contribution is 2.28. The van der Waals surface area contributed by atoms with E-state index in [-0.39, 0.29) is 11.9 Å². The second kappa shape index (κ2) is 6.16. The van der Waals surface area contributed by atoms with Crippen molar-refractivity contribution < 1.29 is 19.1 Å². The number of carbonyl (C=O) groups is 2. The Bertz CT molecular complexity index is 553. The molecule has 1 heterocycles. The number of ether oxygens (including phenoxy) is 2. The summed E-state index contributed by atoms with van der Waals surface area (Å²) in [5, 5.41) is 0. The summed E-state index contributed by atoms with van der Waals surface area (Å²) in [5.74, 6) is 0.576. The first-order chi connectivity index (χ1) is 9.93. The smallest absolute Gasteiger partial charge is 0.337 e. The summed E-state index contributed by atoms with van der Waals surface area (Å²) in [6, 6.07) is 5.22. The fraction of sp³-hybridized carbons (Fsp3) is 0.500. The Kier molecular flexibility index (Phi) is 4.50. The summed E-state index contributed by atoms with van der Waals surface area (Å²) in [7, 11) is 1.35. The van der Waals surface area contributed by atoms with Gasteiger partial charge in [0.1, 0.15) is 12.4 Å². The monoisotopic (exact) mass is 291 g/mol. The summed E-state index contributed by atoms with van der Waals surface area (Å²) < 4.78 is 10.6. The van der Waals surface area contributed by atoms with Gasteiger partial charge in [0, 0.05) is 19.0 Å². The van der Waals surface area contributed by atoms with E-state index in [1.54, 1.807) is 19.1 Å². The number of fused-ring (bicyclic) bond motifs is 1. The molecule has 0 radical (unpaired) electrons. The molecule has 0 fully saturated rings. The van der Waals surface area contributed by atoms with Gasteiger partial charge in [0.2, 0.25) is 5.91 Å². The molecule has 0 saturated heterocycles. The average Bonchev–Trinajstić information content (AvgIpc) is 2.65. The van der Waals surface area contributed by atoms with Crippen LogP contribution in [0.5, 0.6) is 5.75 Å². The summed E-state index contributed by atoms with van der Waals surface area (Å²) in [6.45, 7) is 6.63. The van der Waals surface area contributed by atoms with Crippen LogP contribution in [0.4, 0.5) is 0 Å². The summed E-state index contributed by atoms with van der Waals surface area (Å²) in [4.78, 5) is 25.3. The molecule has 1 aliphatic heterocycles. The zero-order valence-corrected chi connectivity index (χ0v) is 12.9. The molecule has 1 aromatic carbocycles. The molecule has 1 amide bonds. The molecule has 21 heavy (non-hydrogen) atoms. The number of nitrogens with zero attached hydrogens (tertiary/aromatic N) is 1. The lowest BCUT2D eigenvalue weighted by Gasteiger charge is -2.31. The van der Waals surface area contributed by atoms with Crippen LogP contribution in [-0.2, 0) is 16.1 Å². The summed E-state index contributed by atoms with van der Waals surface area (Å²) >= 11 is 0. The zero-order chi connectivity index (χ0) is 15.6. The van der Waals surface area contributed by atoms with Crippen LogP contribution in [0.3, 0.4) is 0 Å². The van der Waals surface area contributed by atoms with Crippen molar-refractivity contribution in [1.29, 1.82) is 0 Å². The molecule has 5 heteroatoms. The lowest BCUT2D eigenvalue weighted by molar-refractivity contribution is -0.133. The quantitative estimate of drug-likeness (QED) is 0.784. The second-order valence-electron chi connectivity index (χ2n) is 5.58. The number of hydrogen-bond acceptors (Lipinski definition) is 4. The molecule has 1 aliphatic rings. The third-order valence-electron chi connectivity index (χ3n) is 3.81. The van der Waals surface area contributed by atoms with Gasteiger partial charge in [0.05, 0.1) is 18.7 Å². The first-order valence-electron chi connectivity index (χ1n) is 7.05. The molecular formula is C16H21NO4. The number of esters is 1. The predicted molar refractivity (Wildman–Crippen MR) is 78.1 cm³/mol. The van der Waals surface area contributed by atoms with E-state index < -0.39 is 5.97 Å². The van der Waals surface area contributed by atoms with Crippen molar-refractivity contribution >= 4 is 11.9 Å². The molecule has 0 N–H and O–H groups in total. The van der Waals surface area contributed by atoms with E-state index in [0.717, 1.165) is 5.56 Å². The Morgan fingerprint density at radius 1 is 1.38 bits per heavy atom. The van der Waals surface area contributed by atoms with Crippen molar-refractivity contribution in [3.8, 4) is 5.75 Å². The lowest BCUT2D eigenvalue weighted by atomic mass is 10.0. The third-order valence-corrected chi connectivity index (χ3v) is 3.81. The first-order valence-corrected chi connectivity index (χ1v) is 7.05. The highest BCUT2D eigenvalue weighted by Gasteiger charge is 2.29. The Balaban J connectivity index is 2.35. The van der Waals surface area contributed by atoms with Gasteiger partial charge < -0.3 is 14.4 Å². The van der Waals surface area contributed by atoms with E-state index in [4.69, 9.17) is 9.47 Å². The average molecular weight is 291 g/mol.